The van der Waals surface area contributed by atoms with E-state index in [1.54, 1.807) is 14.5 Å². The van der Waals surface area contributed by atoms with E-state index in [9.17, 15) is 14.4 Å². The van der Waals surface area contributed by atoms with Crippen molar-refractivity contribution in [3.05, 3.63) is 82.7 Å². The summed E-state index contributed by atoms with van der Waals surface area (Å²) in [6.07, 6.45) is 2.14. The summed E-state index contributed by atoms with van der Waals surface area (Å²) in [5, 5.41) is 7.53. The second-order valence-corrected chi connectivity index (χ2v) is 9.69. The van der Waals surface area contributed by atoms with Crippen LogP contribution in [0.15, 0.2) is 54.6 Å². The average Bonchev–Trinajstić information content (AvgIpc) is 3.24. The third-order valence-electron chi connectivity index (χ3n) is 7.15. The summed E-state index contributed by atoms with van der Waals surface area (Å²) < 4.78 is 1.76. The van der Waals surface area contributed by atoms with Crippen LogP contribution in [-0.4, -0.2) is 56.9 Å². The number of amides is 3. The number of aromatic nitrogens is 2. The second-order valence-electron chi connectivity index (χ2n) is 9.69. The first-order chi connectivity index (χ1) is 17.4. The molecule has 1 unspecified atom stereocenters. The Morgan fingerprint density at radius 1 is 0.944 bits per heavy atom. The van der Waals surface area contributed by atoms with Crippen molar-refractivity contribution in [3.63, 3.8) is 0 Å². The van der Waals surface area contributed by atoms with Crippen LogP contribution in [0, 0.1) is 12.8 Å². The van der Waals surface area contributed by atoms with Gasteiger partial charge in [-0.3, -0.25) is 19.1 Å². The summed E-state index contributed by atoms with van der Waals surface area (Å²) in [5.74, 6) is -0.564. The predicted octanol–water partition coefficient (Wildman–Crippen LogP) is 3.42. The van der Waals surface area contributed by atoms with E-state index in [0.717, 1.165) is 35.3 Å². The highest BCUT2D eigenvalue weighted by Gasteiger charge is 2.34. The maximum Gasteiger partial charge on any atom is 0.274 e. The number of anilines is 1. The Balaban J connectivity index is 1.31. The molecule has 1 saturated heterocycles. The molecule has 8 heteroatoms. The van der Waals surface area contributed by atoms with Crippen LogP contribution in [0.25, 0.3) is 0 Å². The van der Waals surface area contributed by atoms with Gasteiger partial charge in [0.25, 0.3) is 11.8 Å². The lowest BCUT2D eigenvalue weighted by Gasteiger charge is -2.32. The van der Waals surface area contributed by atoms with Crippen molar-refractivity contribution in [3.8, 4) is 0 Å². The van der Waals surface area contributed by atoms with Gasteiger partial charge in [0.1, 0.15) is 0 Å². The monoisotopic (exact) mass is 485 g/mol. The molecule has 0 radical (unpaired) electrons. The number of carbonyl (C=O) groups excluding carboxylic acids is 3. The van der Waals surface area contributed by atoms with Crippen LogP contribution in [-0.2, 0) is 24.8 Å². The SMILES string of the molecule is Cc1ccc(C(=O)N2CCc3c(c(C(=O)N4CCCC(C(=O)Nc5ccccc5)C4)nn3C)C2)cc1. The number of hydrogen-bond donors (Lipinski definition) is 1. The number of para-hydroxylation sites is 1. The predicted molar refractivity (Wildman–Crippen MR) is 137 cm³/mol. The Morgan fingerprint density at radius 2 is 1.69 bits per heavy atom. The van der Waals surface area contributed by atoms with Gasteiger partial charge in [0.2, 0.25) is 5.91 Å². The summed E-state index contributed by atoms with van der Waals surface area (Å²) in [4.78, 5) is 43.1. The molecule has 2 aliphatic rings. The number of rotatable bonds is 4. The van der Waals surface area contributed by atoms with Gasteiger partial charge in [0.05, 0.1) is 12.5 Å². The van der Waals surface area contributed by atoms with Crippen molar-refractivity contribution in [2.45, 2.75) is 32.7 Å². The number of hydrogen-bond acceptors (Lipinski definition) is 4. The molecule has 0 saturated carbocycles. The molecule has 1 aromatic heterocycles. The molecule has 5 rings (SSSR count). The van der Waals surface area contributed by atoms with Crippen molar-refractivity contribution >= 4 is 23.4 Å². The Kier molecular flexibility index (Phi) is 6.59. The van der Waals surface area contributed by atoms with Gasteiger partial charge < -0.3 is 15.1 Å². The summed E-state index contributed by atoms with van der Waals surface area (Å²) in [6.45, 7) is 3.87. The highest BCUT2D eigenvalue weighted by molar-refractivity contribution is 5.97. The summed E-state index contributed by atoms with van der Waals surface area (Å²) in [6, 6.07) is 16.9. The van der Waals surface area contributed by atoms with Crippen LogP contribution in [0.2, 0.25) is 0 Å². The quantitative estimate of drug-likeness (QED) is 0.614. The van der Waals surface area contributed by atoms with Crippen LogP contribution in [0.4, 0.5) is 5.69 Å². The van der Waals surface area contributed by atoms with Crippen molar-refractivity contribution in [1.29, 1.82) is 0 Å². The fourth-order valence-corrected chi connectivity index (χ4v) is 5.11. The number of carbonyl (C=O) groups is 3. The maximum absolute atomic E-state index is 13.6. The fraction of sp³-hybridized carbons (Fsp3) is 0.357. The minimum Gasteiger partial charge on any atom is -0.336 e. The molecule has 186 valence electrons. The van der Waals surface area contributed by atoms with Crippen molar-refractivity contribution in [2.24, 2.45) is 13.0 Å². The molecular weight excluding hydrogens is 454 g/mol. The van der Waals surface area contributed by atoms with Gasteiger partial charge in [-0.25, -0.2) is 0 Å². The number of aryl methyl sites for hydroxylation is 2. The third-order valence-corrected chi connectivity index (χ3v) is 7.15. The maximum atomic E-state index is 13.6. The molecule has 1 atom stereocenters. The molecule has 2 aliphatic heterocycles. The lowest BCUT2D eigenvalue weighted by Crippen LogP contribution is -2.44. The molecule has 1 fully saturated rings. The molecule has 8 nitrogen and oxygen atoms in total. The zero-order valence-electron chi connectivity index (χ0n) is 20.7. The van der Waals surface area contributed by atoms with Gasteiger partial charge in [-0.15, -0.1) is 0 Å². The van der Waals surface area contributed by atoms with Crippen LogP contribution < -0.4 is 5.32 Å². The first-order valence-electron chi connectivity index (χ1n) is 12.5. The minimum atomic E-state index is -0.276. The molecule has 0 spiro atoms. The highest BCUT2D eigenvalue weighted by atomic mass is 16.2. The number of piperidine rings is 1. The molecular formula is C28H31N5O3. The molecule has 2 aromatic carbocycles. The topological polar surface area (TPSA) is 87.5 Å². The van der Waals surface area contributed by atoms with E-state index in [1.807, 2.05) is 68.6 Å². The van der Waals surface area contributed by atoms with Gasteiger partial charge in [-0.05, 0) is 44.0 Å². The summed E-state index contributed by atoms with van der Waals surface area (Å²) in [5.41, 5.74) is 4.68. The molecule has 1 N–H and O–H groups in total. The third kappa shape index (κ3) is 4.76. The van der Waals surface area contributed by atoms with Crippen LogP contribution in [0.1, 0.15) is 50.5 Å². The zero-order chi connectivity index (χ0) is 25.2. The average molecular weight is 486 g/mol. The number of nitrogens with one attached hydrogen (secondary N) is 1. The molecule has 3 aromatic rings. The van der Waals surface area contributed by atoms with Gasteiger partial charge in [0, 0.05) is 55.6 Å². The molecule has 3 amide bonds. The Bertz CT molecular complexity index is 1280. The van der Waals surface area contributed by atoms with Gasteiger partial charge >= 0.3 is 0 Å². The summed E-state index contributed by atoms with van der Waals surface area (Å²) >= 11 is 0. The van der Waals surface area contributed by atoms with E-state index in [2.05, 4.69) is 10.4 Å². The number of benzene rings is 2. The lowest BCUT2D eigenvalue weighted by molar-refractivity contribution is -0.121. The van der Waals surface area contributed by atoms with Crippen LogP contribution in [0.3, 0.4) is 0 Å². The van der Waals surface area contributed by atoms with E-state index in [1.165, 1.54) is 0 Å². The van der Waals surface area contributed by atoms with Crippen molar-refractivity contribution in [1.82, 2.24) is 19.6 Å². The Morgan fingerprint density at radius 3 is 2.44 bits per heavy atom. The van der Waals surface area contributed by atoms with E-state index in [0.29, 0.717) is 43.9 Å². The number of fused-ring (bicyclic) bond motifs is 1. The highest BCUT2D eigenvalue weighted by Crippen LogP contribution is 2.27. The molecule has 0 aliphatic carbocycles. The number of likely N-dealkylation sites (tertiary alicyclic amines) is 1. The first kappa shape index (κ1) is 23.8. The fourth-order valence-electron chi connectivity index (χ4n) is 5.11. The smallest absolute Gasteiger partial charge is 0.274 e. The van der Waals surface area contributed by atoms with Crippen molar-refractivity contribution < 1.29 is 14.4 Å². The second kappa shape index (κ2) is 9.97. The molecule has 36 heavy (non-hydrogen) atoms. The Labute approximate surface area is 210 Å². The van der Waals surface area contributed by atoms with Crippen molar-refractivity contribution in [2.75, 3.05) is 25.0 Å². The Hall–Kier alpha value is -3.94. The van der Waals surface area contributed by atoms with E-state index >= 15 is 0 Å². The van der Waals surface area contributed by atoms with Gasteiger partial charge in [-0.1, -0.05) is 35.9 Å². The lowest BCUT2D eigenvalue weighted by atomic mass is 9.96. The summed E-state index contributed by atoms with van der Waals surface area (Å²) in [7, 11) is 1.85. The molecule has 3 heterocycles. The van der Waals surface area contributed by atoms with E-state index in [4.69, 9.17) is 0 Å². The van der Waals surface area contributed by atoms with Gasteiger partial charge in [0.15, 0.2) is 5.69 Å². The van der Waals surface area contributed by atoms with E-state index in [-0.39, 0.29) is 23.6 Å². The minimum absolute atomic E-state index is 0.0430. The zero-order valence-corrected chi connectivity index (χ0v) is 20.7. The molecule has 0 bridgehead atoms. The standard InChI is InChI=1S/C28H31N5O3/c1-19-10-12-20(13-11-19)27(35)33-16-14-24-23(18-33)25(30-31(24)2)28(36)32-15-6-7-21(17-32)26(34)29-22-8-4-3-5-9-22/h3-5,8-13,21H,6-7,14-18H2,1-2H3,(H,29,34). The van der Waals surface area contributed by atoms with Gasteiger partial charge in [-0.2, -0.15) is 5.10 Å². The normalized spacial score (nSPS) is 17.4. The largest absolute Gasteiger partial charge is 0.336 e. The first-order valence-corrected chi connectivity index (χ1v) is 12.5. The van der Waals surface area contributed by atoms with Crippen LogP contribution >= 0.6 is 0 Å². The van der Waals surface area contributed by atoms with Crippen LogP contribution in [0.5, 0.6) is 0 Å². The number of nitrogens with zero attached hydrogens (tertiary/aromatic N) is 4. The van der Waals surface area contributed by atoms with E-state index < -0.39 is 0 Å².